The van der Waals surface area contributed by atoms with Crippen molar-refractivity contribution in [2.45, 2.75) is 37.9 Å². The molecule has 4 nitrogen and oxygen atoms in total. The van der Waals surface area contributed by atoms with E-state index in [0.717, 1.165) is 19.3 Å². The Morgan fingerprint density at radius 3 is 1.54 bits per heavy atom. The van der Waals surface area contributed by atoms with Crippen LogP contribution < -0.4 is 0 Å². The summed E-state index contributed by atoms with van der Waals surface area (Å²) in [6, 6.07) is 17.9. The van der Waals surface area contributed by atoms with Crippen LogP contribution in [0.1, 0.15) is 46.4 Å². The Kier molecular flexibility index (Phi) is 5.26. The fourth-order valence-electron chi connectivity index (χ4n) is 2.90. The van der Waals surface area contributed by atoms with Gasteiger partial charge in [-0.25, -0.2) is 9.59 Å². The van der Waals surface area contributed by atoms with Crippen LogP contribution in [-0.4, -0.2) is 24.1 Å². The molecule has 0 amide bonds. The second kappa shape index (κ2) is 7.77. The summed E-state index contributed by atoms with van der Waals surface area (Å²) in [7, 11) is 0. The molecule has 0 aliphatic heterocycles. The number of ether oxygens (including phenoxy) is 2. The highest BCUT2D eigenvalue weighted by molar-refractivity contribution is 5.90. The number of esters is 2. The van der Waals surface area contributed by atoms with Crippen molar-refractivity contribution >= 4 is 11.9 Å². The molecular formula is C20H20O4. The molecule has 0 spiro atoms. The van der Waals surface area contributed by atoms with Crippen molar-refractivity contribution in [3.8, 4) is 0 Å². The molecule has 0 N–H and O–H groups in total. The summed E-state index contributed by atoms with van der Waals surface area (Å²) in [5.74, 6) is -0.647. The molecule has 2 aromatic rings. The first kappa shape index (κ1) is 16.2. The van der Waals surface area contributed by atoms with Crippen LogP contribution >= 0.6 is 0 Å². The van der Waals surface area contributed by atoms with E-state index in [1.165, 1.54) is 0 Å². The maximum Gasteiger partial charge on any atom is 0.338 e. The van der Waals surface area contributed by atoms with Gasteiger partial charge >= 0.3 is 11.9 Å². The van der Waals surface area contributed by atoms with Gasteiger partial charge in [0.1, 0.15) is 12.2 Å². The molecule has 1 unspecified atom stereocenters. The molecule has 0 heterocycles. The van der Waals surface area contributed by atoms with Gasteiger partial charge in [0, 0.05) is 6.42 Å². The van der Waals surface area contributed by atoms with E-state index in [9.17, 15) is 9.59 Å². The second-order valence-corrected chi connectivity index (χ2v) is 5.95. The van der Waals surface area contributed by atoms with E-state index in [2.05, 4.69) is 0 Å². The predicted octanol–water partition coefficient (Wildman–Crippen LogP) is 4.01. The third kappa shape index (κ3) is 4.22. The lowest BCUT2D eigenvalue weighted by molar-refractivity contribution is -0.0177. The lowest BCUT2D eigenvalue weighted by Gasteiger charge is -2.28. The summed E-state index contributed by atoms with van der Waals surface area (Å²) in [6.45, 7) is 0. The monoisotopic (exact) mass is 324 g/mol. The Hall–Kier alpha value is -2.62. The van der Waals surface area contributed by atoms with E-state index < -0.39 is 0 Å². The zero-order valence-electron chi connectivity index (χ0n) is 13.4. The molecule has 0 aromatic heterocycles. The third-order valence-corrected chi connectivity index (χ3v) is 4.14. The van der Waals surface area contributed by atoms with Crippen LogP contribution in [0.5, 0.6) is 0 Å². The Labute approximate surface area is 141 Å². The smallest absolute Gasteiger partial charge is 0.338 e. The average Bonchev–Trinajstić information content (AvgIpc) is 2.63. The molecule has 1 fully saturated rings. The summed E-state index contributed by atoms with van der Waals surface area (Å²) in [5, 5.41) is 0. The Balaban J connectivity index is 1.55. The fourth-order valence-corrected chi connectivity index (χ4v) is 2.90. The zero-order valence-corrected chi connectivity index (χ0v) is 13.4. The number of hydrogen-bond donors (Lipinski definition) is 0. The van der Waals surface area contributed by atoms with E-state index in [1.807, 2.05) is 36.4 Å². The van der Waals surface area contributed by atoms with Crippen molar-refractivity contribution in [2.24, 2.45) is 0 Å². The number of hydrogen-bond acceptors (Lipinski definition) is 4. The molecule has 4 heteroatoms. The van der Waals surface area contributed by atoms with Crippen LogP contribution in [0.4, 0.5) is 0 Å². The summed E-state index contributed by atoms with van der Waals surface area (Å²) >= 11 is 0. The summed E-state index contributed by atoms with van der Waals surface area (Å²) in [5.41, 5.74) is 1.09. The highest BCUT2D eigenvalue weighted by atomic mass is 16.6. The molecule has 124 valence electrons. The van der Waals surface area contributed by atoms with Gasteiger partial charge in [0.25, 0.3) is 0 Å². The number of benzene rings is 2. The van der Waals surface area contributed by atoms with Gasteiger partial charge in [-0.15, -0.1) is 0 Å². The molecule has 1 saturated carbocycles. The maximum absolute atomic E-state index is 12.1. The van der Waals surface area contributed by atoms with Crippen molar-refractivity contribution in [3.05, 3.63) is 71.8 Å². The van der Waals surface area contributed by atoms with E-state index in [0.29, 0.717) is 17.5 Å². The number of rotatable bonds is 4. The van der Waals surface area contributed by atoms with Gasteiger partial charge in [0.2, 0.25) is 0 Å². The van der Waals surface area contributed by atoms with Crippen molar-refractivity contribution in [1.29, 1.82) is 0 Å². The van der Waals surface area contributed by atoms with Gasteiger partial charge in [0.15, 0.2) is 0 Å². The lowest BCUT2D eigenvalue weighted by Crippen LogP contribution is -2.31. The average molecular weight is 324 g/mol. The summed E-state index contributed by atoms with van der Waals surface area (Å²) < 4.78 is 11.1. The minimum absolute atomic E-state index is 0.208. The first-order valence-electron chi connectivity index (χ1n) is 8.24. The first-order valence-corrected chi connectivity index (χ1v) is 8.24. The highest BCUT2D eigenvalue weighted by Crippen LogP contribution is 2.25. The number of carbonyl (C=O) groups excluding carboxylic acids is 2. The van der Waals surface area contributed by atoms with Crippen molar-refractivity contribution in [2.75, 3.05) is 0 Å². The normalized spacial score (nSPS) is 20.2. The van der Waals surface area contributed by atoms with E-state index >= 15 is 0 Å². The van der Waals surface area contributed by atoms with Gasteiger partial charge < -0.3 is 9.47 Å². The molecule has 0 saturated heterocycles. The number of carbonyl (C=O) groups is 2. The van der Waals surface area contributed by atoms with E-state index in [1.54, 1.807) is 24.3 Å². The largest absolute Gasteiger partial charge is 0.459 e. The molecule has 1 aliphatic carbocycles. The van der Waals surface area contributed by atoms with Crippen LogP contribution in [0.25, 0.3) is 0 Å². The minimum Gasteiger partial charge on any atom is -0.459 e. The standard InChI is InChI=1S/C20H20O4/c21-19(15-8-3-1-4-9-15)23-17-12-7-13-18(14-17)24-20(22)16-10-5-2-6-11-16/h1-6,8-11,17-18H,7,12-14H2/t17-,18?/m1/s1. The Morgan fingerprint density at radius 2 is 1.12 bits per heavy atom. The van der Waals surface area contributed by atoms with Gasteiger partial charge in [-0.3, -0.25) is 0 Å². The second-order valence-electron chi connectivity index (χ2n) is 5.95. The Bertz CT molecular complexity index is 622. The van der Waals surface area contributed by atoms with Crippen LogP contribution in [0.15, 0.2) is 60.7 Å². The SMILES string of the molecule is O=C(OC1CCC[C@@H](OC(=O)c2ccccc2)C1)c1ccccc1. The van der Waals surface area contributed by atoms with E-state index in [4.69, 9.17) is 9.47 Å². The van der Waals surface area contributed by atoms with Gasteiger partial charge in [-0.2, -0.15) is 0 Å². The zero-order chi connectivity index (χ0) is 16.8. The third-order valence-electron chi connectivity index (χ3n) is 4.14. The van der Waals surface area contributed by atoms with Crippen LogP contribution in [-0.2, 0) is 9.47 Å². The molecular weight excluding hydrogens is 304 g/mol. The summed E-state index contributed by atoms with van der Waals surface area (Å²) in [4.78, 5) is 24.3. The van der Waals surface area contributed by atoms with Crippen molar-refractivity contribution in [1.82, 2.24) is 0 Å². The predicted molar refractivity (Wildman–Crippen MR) is 89.8 cm³/mol. The van der Waals surface area contributed by atoms with Gasteiger partial charge in [-0.1, -0.05) is 36.4 Å². The quantitative estimate of drug-likeness (QED) is 0.797. The molecule has 2 aromatic carbocycles. The van der Waals surface area contributed by atoms with Crippen molar-refractivity contribution in [3.63, 3.8) is 0 Å². The fraction of sp³-hybridized carbons (Fsp3) is 0.300. The van der Waals surface area contributed by atoms with Gasteiger partial charge in [-0.05, 0) is 43.5 Å². The lowest BCUT2D eigenvalue weighted by atomic mass is 9.94. The summed E-state index contributed by atoms with van der Waals surface area (Å²) in [6.07, 6.45) is 2.62. The molecule has 24 heavy (non-hydrogen) atoms. The minimum atomic E-state index is -0.323. The Morgan fingerprint density at radius 1 is 0.708 bits per heavy atom. The molecule has 2 atom stereocenters. The van der Waals surface area contributed by atoms with Gasteiger partial charge in [0.05, 0.1) is 11.1 Å². The molecule has 0 radical (unpaired) electrons. The van der Waals surface area contributed by atoms with Crippen LogP contribution in [0.2, 0.25) is 0 Å². The molecule has 1 aliphatic rings. The van der Waals surface area contributed by atoms with E-state index in [-0.39, 0.29) is 24.1 Å². The molecule has 0 bridgehead atoms. The van der Waals surface area contributed by atoms with Crippen LogP contribution in [0.3, 0.4) is 0 Å². The topological polar surface area (TPSA) is 52.6 Å². The molecule has 3 rings (SSSR count). The first-order chi connectivity index (χ1) is 11.7. The van der Waals surface area contributed by atoms with Crippen molar-refractivity contribution < 1.29 is 19.1 Å². The van der Waals surface area contributed by atoms with Crippen LogP contribution in [0, 0.1) is 0 Å². The highest BCUT2D eigenvalue weighted by Gasteiger charge is 2.28. The maximum atomic E-state index is 12.1.